The topological polar surface area (TPSA) is 12.0 Å². The van der Waals surface area contributed by atoms with Gasteiger partial charge in [0.15, 0.2) is 0 Å². The van der Waals surface area contributed by atoms with Crippen LogP contribution in [0.1, 0.15) is 55.8 Å². The fraction of sp³-hybridized carbons (Fsp3) is 0.625. The third-order valence-corrected chi connectivity index (χ3v) is 4.49. The summed E-state index contributed by atoms with van der Waals surface area (Å²) < 4.78 is 14.8. The molecule has 3 rings (SSSR count). The Labute approximate surface area is 109 Å². The fourth-order valence-corrected chi connectivity index (χ4v) is 3.45. The van der Waals surface area contributed by atoms with Crippen LogP contribution in [0, 0.1) is 5.92 Å². The van der Waals surface area contributed by atoms with Crippen molar-refractivity contribution in [3.05, 3.63) is 29.3 Å². The number of anilines is 1. The summed E-state index contributed by atoms with van der Waals surface area (Å²) in [4.78, 5) is 0. The highest BCUT2D eigenvalue weighted by Gasteiger charge is 2.27. The van der Waals surface area contributed by atoms with Gasteiger partial charge in [0.2, 0.25) is 0 Å². The van der Waals surface area contributed by atoms with Gasteiger partial charge in [0, 0.05) is 17.8 Å². The summed E-state index contributed by atoms with van der Waals surface area (Å²) in [5.41, 5.74) is 3.30. The van der Waals surface area contributed by atoms with E-state index < -0.39 is 6.17 Å². The highest BCUT2D eigenvalue weighted by molar-refractivity contribution is 5.62. The van der Waals surface area contributed by atoms with Crippen LogP contribution in [-0.2, 0) is 6.42 Å². The van der Waals surface area contributed by atoms with Crippen molar-refractivity contribution in [3.8, 4) is 0 Å². The summed E-state index contributed by atoms with van der Waals surface area (Å²) >= 11 is 0. The van der Waals surface area contributed by atoms with Crippen LogP contribution in [0.2, 0.25) is 0 Å². The SMILES string of the molecule is FC(c1cccc2c1NCC2)C1CCCCCC1. The molecule has 2 heteroatoms. The molecule has 0 amide bonds. The van der Waals surface area contributed by atoms with E-state index in [4.69, 9.17) is 0 Å². The molecule has 1 atom stereocenters. The second kappa shape index (κ2) is 5.29. The largest absolute Gasteiger partial charge is 0.384 e. The minimum atomic E-state index is -0.774. The molecule has 18 heavy (non-hydrogen) atoms. The van der Waals surface area contributed by atoms with Crippen LogP contribution < -0.4 is 5.32 Å². The number of nitrogens with one attached hydrogen (secondary N) is 1. The molecule has 0 bridgehead atoms. The second-order valence-corrected chi connectivity index (χ2v) is 5.71. The molecule has 0 aromatic heterocycles. The predicted molar refractivity (Wildman–Crippen MR) is 73.7 cm³/mol. The molecule has 1 fully saturated rings. The van der Waals surface area contributed by atoms with E-state index in [9.17, 15) is 4.39 Å². The van der Waals surface area contributed by atoms with Crippen molar-refractivity contribution in [1.82, 2.24) is 0 Å². The first kappa shape index (κ1) is 12.0. The van der Waals surface area contributed by atoms with Crippen LogP contribution in [0.3, 0.4) is 0 Å². The normalized spacial score (nSPS) is 22.1. The average molecular weight is 247 g/mol. The van der Waals surface area contributed by atoms with Crippen LogP contribution >= 0.6 is 0 Å². The minimum Gasteiger partial charge on any atom is -0.384 e. The first-order valence-electron chi connectivity index (χ1n) is 7.36. The van der Waals surface area contributed by atoms with Crippen LogP contribution in [-0.4, -0.2) is 6.54 Å². The lowest BCUT2D eigenvalue weighted by Crippen LogP contribution is -2.10. The van der Waals surface area contributed by atoms with E-state index in [2.05, 4.69) is 11.4 Å². The highest BCUT2D eigenvalue weighted by Crippen LogP contribution is 2.41. The zero-order valence-corrected chi connectivity index (χ0v) is 10.9. The van der Waals surface area contributed by atoms with Crippen molar-refractivity contribution < 1.29 is 4.39 Å². The molecule has 2 aliphatic rings. The first-order chi connectivity index (χ1) is 8.86. The summed E-state index contributed by atoms with van der Waals surface area (Å²) in [6, 6.07) is 6.12. The van der Waals surface area contributed by atoms with Crippen molar-refractivity contribution in [2.45, 2.75) is 51.1 Å². The molecule has 1 heterocycles. The summed E-state index contributed by atoms with van der Waals surface area (Å²) in [6.07, 6.45) is 7.36. The number of hydrogen-bond donors (Lipinski definition) is 1. The van der Waals surface area contributed by atoms with Gasteiger partial charge in [-0.2, -0.15) is 0 Å². The number of benzene rings is 1. The summed E-state index contributed by atoms with van der Waals surface area (Å²) in [5.74, 6) is 0.237. The number of hydrogen-bond acceptors (Lipinski definition) is 1. The van der Waals surface area contributed by atoms with Crippen LogP contribution in [0.5, 0.6) is 0 Å². The van der Waals surface area contributed by atoms with Crippen molar-refractivity contribution >= 4 is 5.69 Å². The fourth-order valence-electron chi connectivity index (χ4n) is 3.45. The molecule has 0 spiro atoms. The molecule has 1 nitrogen and oxygen atoms in total. The molecule has 1 saturated carbocycles. The molecule has 1 aromatic rings. The summed E-state index contributed by atoms with van der Waals surface area (Å²) in [6.45, 7) is 0.962. The van der Waals surface area contributed by atoms with E-state index in [1.54, 1.807) is 0 Å². The van der Waals surface area contributed by atoms with Crippen LogP contribution in [0.15, 0.2) is 18.2 Å². The van der Waals surface area contributed by atoms with Crippen molar-refractivity contribution in [2.24, 2.45) is 5.92 Å². The zero-order chi connectivity index (χ0) is 12.4. The molecule has 1 aromatic carbocycles. The van der Waals surface area contributed by atoms with E-state index in [1.165, 1.54) is 31.2 Å². The minimum absolute atomic E-state index is 0.237. The quantitative estimate of drug-likeness (QED) is 0.751. The molecule has 0 radical (unpaired) electrons. The Hall–Kier alpha value is -1.05. The molecule has 1 N–H and O–H groups in total. The number of halogens is 1. The van der Waals surface area contributed by atoms with Crippen LogP contribution in [0.4, 0.5) is 10.1 Å². The Morgan fingerprint density at radius 3 is 2.67 bits per heavy atom. The van der Waals surface area contributed by atoms with Gasteiger partial charge in [-0.25, -0.2) is 4.39 Å². The smallest absolute Gasteiger partial charge is 0.130 e. The Morgan fingerprint density at radius 2 is 1.89 bits per heavy atom. The van der Waals surface area contributed by atoms with Crippen molar-refractivity contribution in [2.75, 3.05) is 11.9 Å². The van der Waals surface area contributed by atoms with Crippen molar-refractivity contribution in [1.29, 1.82) is 0 Å². The number of rotatable bonds is 2. The van der Waals surface area contributed by atoms with Gasteiger partial charge >= 0.3 is 0 Å². The molecular formula is C16H22FN. The standard InChI is InChI=1S/C16H22FN/c17-15(12-6-3-1-2-4-7-12)14-9-5-8-13-10-11-18-16(13)14/h5,8-9,12,15,18H,1-4,6-7,10-11H2. The van der Waals surface area contributed by atoms with E-state index in [0.29, 0.717) is 0 Å². The van der Waals surface area contributed by atoms with Gasteiger partial charge in [0.1, 0.15) is 6.17 Å². The number of para-hydroxylation sites is 1. The van der Waals surface area contributed by atoms with Gasteiger partial charge in [0.05, 0.1) is 0 Å². The lowest BCUT2D eigenvalue weighted by Gasteiger charge is -2.21. The maximum Gasteiger partial charge on any atom is 0.130 e. The highest BCUT2D eigenvalue weighted by atomic mass is 19.1. The average Bonchev–Trinajstić information content (AvgIpc) is 2.71. The molecule has 1 aliphatic carbocycles. The first-order valence-corrected chi connectivity index (χ1v) is 7.36. The lowest BCUT2D eigenvalue weighted by atomic mass is 9.89. The summed E-state index contributed by atoms with van der Waals surface area (Å²) in [7, 11) is 0. The number of alkyl halides is 1. The van der Waals surface area contributed by atoms with Crippen molar-refractivity contribution in [3.63, 3.8) is 0 Å². The van der Waals surface area contributed by atoms with E-state index in [0.717, 1.165) is 37.1 Å². The monoisotopic (exact) mass is 247 g/mol. The second-order valence-electron chi connectivity index (χ2n) is 5.71. The molecule has 1 aliphatic heterocycles. The molecular weight excluding hydrogens is 225 g/mol. The third-order valence-electron chi connectivity index (χ3n) is 4.49. The molecule has 0 saturated heterocycles. The lowest BCUT2D eigenvalue weighted by molar-refractivity contribution is 0.212. The van der Waals surface area contributed by atoms with E-state index in [1.807, 2.05) is 12.1 Å². The maximum absolute atomic E-state index is 14.8. The van der Waals surface area contributed by atoms with Gasteiger partial charge in [0.25, 0.3) is 0 Å². The zero-order valence-electron chi connectivity index (χ0n) is 10.9. The predicted octanol–water partition coefficient (Wildman–Crippen LogP) is 4.64. The Kier molecular flexibility index (Phi) is 3.53. The summed E-state index contributed by atoms with van der Waals surface area (Å²) in [5, 5.41) is 3.36. The van der Waals surface area contributed by atoms with Gasteiger partial charge in [-0.3, -0.25) is 0 Å². The number of fused-ring (bicyclic) bond motifs is 1. The van der Waals surface area contributed by atoms with Gasteiger partial charge in [-0.15, -0.1) is 0 Å². The van der Waals surface area contributed by atoms with Crippen LogP contribution in [0.25, 0.3) is 0 Å². The Balaban J connectivity index is 1.83. The van der Waals surface area contributed by atoms with Gasteiger partial charge in [-0.05, 0) is 30.7 Å². The molecule has 1 unspecified atom stereocenters. The van der Waals surface area contributed by atoms with Gasteiger partial charge < -0.3 is 5.32 Å². The van der Waals surface area contributed by atoms with E-state index in [-0.39, 0.29) is 5.92 Å². The Bertz CT molecular complexity index is 408. The third kappa shape index (κ3) is 2.25. The maximum atomic E-state index is 14.8. The molecule has 98 valence electrons. The Morgan fingerprint density at radius 1 is 1.11 bits per heavy atom. The van der Waals surface area contributed by atoms with E-state index >= 15 is 0 Å². The van der Waals surface area contributed by atoms with Gasteiger partial charge in [-0.1, -0.05) is 43.9 Å².